The van der Waals surface area contributed by atoms with Gasteiger partial charge in [-0.1, -0.05) is 0 Å². The van der Waals surface area contributed by atoms with Gasteiger partial charge < -0.3 is 9.30 Å². The average molecular weight is 384 g/mol. The highest BCUT2D eigenvalue weighted by atomic mass is 16.6. The number of urea groups is 1. The Labute approximate surface area is 158 Å². The predicted molar refractivity (Wildman–Crippen MR) is 98.1 cm³/mol. The molecule has 0 bridgehead atoms. The van der Waals surface area contributed by atoms with E-state index in [0.29, 0.717) is 22.7 Å². The number of amides is 4. The van der Waals surface area contributed by atoms with Crippen molar-refractivity contribution in [1.82, 2.24) is 15.2 Å². The van der Waals surface area contributed by atoms with Crippen LogP contribution >= 0.6 is 0 Å². The number of benzene rings is 1. The van der Waals surface area contributed by atoms with E-state index in [4.69, 9.17) is 4.74 Å². The molecule has 1 aromatic carbocycles. The van der Waals surface area contributed by atoms with Crippen LogP contribution in [0.1, 0.15) is 17.0 Å². The van der Waals surface area contributed by atoms with Crippen molar-refractivity contribution in [2.75, 3.05) is 7.11 Å². The summed E-state index contributed by atoms with van der Waals surface area (Å²) in [6.45, 7) is 3.57. The zero-order chi connectivity index (χ0) is 20.6. The van der Waals surface area contributed by atoms with Crippen molar-refractivity contribution < 1.29 is 24.0 Å². The number of nitrogens with zero attached hydrogens (tertiary/aromatic N) is 2. The molecular weight excluding hydrogens is 368 g/mol. The molecule has 0 atom stereocenters. The predicted octanol–water partition coefficient (Wildman–Crippen LogP) is 1.76. The number of carbonyl (C=O) groups is 3. The smallest absolute Gasteiger partial charge is 0.328 e. The standard InChI is InChI=1S/C18H16N4O6/c1-9-6-11(7-13-16(23)19-18(25)20-17(13)24)10(2)21(9)14-5-4-12(22(26)27)8-15(14)28-3/h4-8H,1-3H3,(H2,19,20,23,24,25). The molecule has 0 unspecified atom stereocenters. The highest BCUT2D eigenvalue weighted by Crippen LogP contribution is 2.32. The molecule has 4 amide bonds. The Morgan fingerprint density at radius 2 is 1.75 bits per heavy atom. The number of barbiturate groups is 1. The quantitative estimate of drug-likeness (QED) is 0.357. The molecule has 1 aliphatic rings. The zero-order valence-electron chi connectivity index (χ0n) is 15.2. The van der Waals surface area contributed by atoms with Crippen LogP contribution in [0.15, 0.2) is 29.8 Å². The number of carbonyl (C=O) groups excluding carboxylic acids is 3. The van der Waals surface area contributed by atoms with Crippen LogP contribution < -0.4 is 15.4 Å². The van der Waals surface area contributed by atoms with Crippen molar-refractivity contribution in [3.05, 3.63) is 56.9 Å². The monoisotopic (exact) mass is 384 g/mol. The molecule has 1 fully saturated rings. The van der Waals surface area contributed by atoms with Crippen LogP contribution in [0, 0.1) is 24.0 Å². The molecule has 2 N–H and O–H groups in total. The van der Waals surface area contributed by atoms with E-state index in [9.17, 15) is 24.5 Å². The van der Waals surface area contributed by atoms with Crippen LogP contribution in [-0.2, 0) is 9.59 Å². The van der Waals surface area contributed by atoms with Gasteiger partial charge in [0.25, 0.3) is 17.5 Å². The van der Waals surface area contributed by atoms with Crippen molar-refractivity contribution in [3.63, 3.8) is 0 Å². The summed E-state index contributed by atoms with van der Waals surface area (Å²) in [6, 6.07) is 5.13. The second-order valence-corrected chi connectivity index (χ2v) is 6.07. The topological polar surface area (TPSA) is 133 Å². The fraction of sp³-hybridized carbons (Fsp3) is 0.167. The summed E-state index contributed by atoms with van der Waals surface area (Å²) in [5.41, 5.74) is 2.27. The molecule has 0 saturated carbocycles. The Bertz CT molecular complexity index is 1040. The number of imide groups is 2. The number of ether oxygens (including phenoxy) is 1. The number of rotatable bonds is 4. The summed E-state index contributed by atoms with van der Waals surface area (Å²) in [6.07, 6.45) is 1.38. The SMILES string of the molecule is COc1cc([N+](=O)[O-])ccc1-n1c(C)cc(C=C2C(=O)NC(=O)NC2=O)c1C. The van der Waals surface area contributed by atoms with Crippen molar-refractivity contribution >= 4 is 29.6 Å². The fourth-order valence-electron chi connectivity index (χ4n) is 3.03. The van der Waals surface area contributed by atoms with Crippen LogP contribution in [0.4, 0.5) is 10.5 Å². The Kier molecular flexibility index (Phi) is 4.70. The van der Waals surface area contributed by atoms with E-state index in [1.54, 1.807) is 30.5 Å². The molecular formula is C18H16N4O6. The molecule has 2 heterocycles. The van der Waals surface area contributed by atoms with E-state index in [2.05, 4.69) is 0 Å². The normalized spacial score (nSPS) is 13.8. The van der Waals surface area contributed by atoms with Gasteiger partial charge in [-0.05, 0) is 37.6 Å². The molecule has 0 spiro atoms. The Morgan fingerprint density at radius 1 is 1.11 bits per heavy atom. The van der Waals surface area contributed by atoms with Gasteiger partial charge in [-0.15, -0.1) is 0 Å². The number of nitrogens with one attached hydrogen (secondary N) is 2. The maximum absolute atomic E-state index is 11.9. The lowest BCUT2D eigenvalue weighted by molar-refractivity contribution is -0.384. The van der Waals surface area contributed by atoms with E-state index < -0.39 is 22.8 Å². The van der Waals surface area contributed by atoms with E-state index in [-0.39, 0.29) is 11.3 Å². The highest BCUT2D eigenvalue weighted by Gasteiger charge is 2.28. The van der Waals surface area contributed by atoms with E-state index in [0.717, 1.165) is 5.69 Å². The molecule has 0 aliphatic carbocycles. The zero-order valence-corrected chi connectivity index (χ0v) is 15.2. The van der Waals surface area contributed by atoms with Crippen molar-refractivity contribution in [2.45, 2.75) is 13.8 Å². The average Bonchev–Trinajstić information content (AvgIpc) is 2.90. The summed E-state index contributed by atoms with van der Waals surface area (Å²) in [7, 11) is 1.41. The minimum Gasteiger partial charge on any atom is -0.494 e. The van der Waals surface area contributed by atoms with Gasteiger partial charge in [0.15, 0.2) is 0 Å². The number of methoxy groups -OCH3 is 1. The molecule has 28 heavy (non-hydrogen) atoms. The van der Waals surface area contributed by atoms with Crippen LogP contribution in [0.2, 0.25) is 0 Å². The lowest BCUT2D eigenvalue weighted by Crippen LogP contribution is -2.51. The van der Waals surface area contributed by atoms with Crippen molar-refractivity contribution in [2.24, 2.45) is 0 Å². The second kappa shape index (κ2) is 6.99. The van der Waals surface area contributed by atoms with Gasteiger partial charge in [0.05, 0.1) is 23.8 Å². The van der Waals surface area contributed by atoms with Gasteiger partial charge >= 0.3 is 6.03 Å². The summed E-state index contributed by atoms with van der Waals surface area (Å²) in [4.78, 5) is 45.5. The first-order valence-electron chi connectivity index (χ1n) is 8.13. The van der Waals surface area contributed by atoms with Crippen molar-refractivity contribution in [1.29, 1.82) is 0 Å². The molecule has 3 rings (SSSR count). The number of nitro groups is 1. The van der Waals surface area contributed by atoms with Crippen molar-refractivity contribution in [3.8, 4) is 11.4 Å². The van der Waals surface area contributed by atoms with Crippen LogP contribution in [-0.4, -0.2) is 34.4 Å². The minimum atomic E-state index is -0.867. The maximum Gasteiger partial charge on any atom is 0.328 e. The summed E-state index contributed by atoms with van der Waals surface area (Å²) < 4.78 is 7.09. The Balaban J connectivity index is 2.10. The van der Waals surface area contributed by atoms with Gasteiger partial charge in [0, 0.05) is 17.5 Å². The van der Waals surface area contributed by atoms with Gasteiger partial charge in [-0.3, -0.25) is 30.3 Å². The molecule has 144 valence electrons. The third kappa shape index (κ3) is 3.22. The third-order valence-corrected chi connectivity index (χ3v) is 4.33. The lowest BCUT2D eigenvalue weighted by atomic mass is 10.1. The molecule has 1 aliphatic heterocycles. The van der Waals surface area contributed by atoms with Gasteiger partial charge in [0.1, 0.15) is 11.3 Å². The number of hydrogen-bond acceptors (Lipinski definition) is 6. The number of non-ortho nitro benzene ring substituents is 1. The summed E-state index contributed by atoms with van der Waals surface area (Å²) >= 11 is 0. The second-order valence-electron chi connectivity index (χ2n) is 6.07. The maximum atomic E-state index is 11.9. The van der Waals surface area contributed by atoms with Crippen LogP contribution in [0.25, 0.3) is 11.8 Å². The number of hydrogen-bond donors (Lipinski definition) is 2. The van der Waals surface area contributed by atoms with Gasteiger partial charge in [0.2, 0.25) is 0 Å². The Morgan fingerprint density at radius 3 is 2.32 bits per heavy atom. The number of aromatic nitrogens is 1. The fourth-order valence-corrected chi connectivity index (χ4v) is 3.03. The van der Waals surface area contributed by atoms with E-state index in [1.807, 2.05) is 10.6 Å². The first kappa shape index (κ1) is 18.8. The lowest BCUT2D eigenvalue weighted by Gasteiger charge is -2.15. The molecule has 10 heteroatoms. The number of aryl methyl sites for hydroxylation is 1. The molecule has 0 radical (unpaired) electrons. The van der Waals surface area contributed by atoms with Crippen LogP contribution in [0.3, 0.4) is 0 Å². The van der Waals surface area contributed by atoms with E-state index in [1.165, 1.54) is 25.3 Å². The summed E-state index contributed by atoms with van der Waals surface area (Å²) in [5, 5.41) is 15.0. The molecule has 10 nitrogen and oxygen atoms in total. The minimum absolute atomic E-state index is 0.106. The first-order chi connectivity index (χ1) is 13.2. The largest absolute Gasteiger partial charge is 0.494 e. The van der Waals surface area contributed by atoms with Gasteiger partial charge in [-0.25, -0.2) is 4.79 Å². The molecule has 2 aromatic rings. The molecule has 1 aromatic heterocycles. The highest BCUT2D eigenvalue weighted by molar-refractivity contribution is 6.31. The van der Waals surface area contributed by atoms with Crippen LogP contribution in [0.5, 0.6) is 5.75 Å². The summed E-state index contributed by atoms with van der Waals surface area (Å²) in [5.74, 6) is -1.27. The molecule has 1 saturated heterocycles. The Hall–Kier alpha value is -3.95. The third-order valence-electron chi connectivity index (χ3n) is 4.33. The first-order valence-corrected chi connectivity index (χ1v) is 8.13. The van der Waals surface area contributed by atoms with Gasteiger partial charge in [-0.2, -0.15) is 0 Å². The number of nitro benzene ring substituents is 1. The van der Waals surface area contributed by atoms with E-state index >= 15 is 0 Å².